The third kappa shape index (κ3) is 3.19. The maximum absolute atomic E-state index is 5.91. The van der Waals surface area contributed by atoms with Crippen LogP contribution >= 0.6 is 0 Å². The van der Waals surface area contributed by atoms with Crippen molar-refractivity contribution in [2.75, 3.05) is 19.8 Å². The van der Waals surface area contributed by atoms with Gasteiger partial charge in [-0.1, -0.05) is 6.07 Å². The topological polar surface area (TPSA) is 56.5 Å². The molecule has 0 radical (unpaired) electrons. The van der Waals surface area contributed by atoms with Gasteiger partial charge in [0.2, 0.25) is 0 Å². The minimum atomic E-state index is 0.395. The number of ether oxygens (including phenoxy) is 2. The van der Waals surface area contributed by atoms with E-state index in [0.717, 1.165) is 37.3 Å². The van der Waals surface area contributed by atoms with Gasteiger partial charge in [-0.05, 0) is 49.9 Å². The van der Waals surface area contributed by atoms with E-state index in [4.69, 9.17) is 15.2 Å². The Kier molecular flexibility index (Phi) is 3.89. The van der Waals surface area contributed by atoms with Crippen LogP contribution in [0.15, 0.2) is 18.2 Å². The Hall–Kier alpha value is -1.26. The van der Waals surface area contributed by atoms with Crippen molar-refractivity contribution in [3.63, 3.8) is 0 Å². The molecule has 0 aromatic heterocycles. The molecule has 3 rings (SSSR count). The van der Waals surface area contributed by atoms with Gasteiger partial charge in [0.15, 0.2) is 11.5 Å². The fourth-order valence-corrected chi connectivity index (χ4v) is 2.87. The summed E-state index contributed by atoms with van der Waals surface area (Å²) >= 11 is 0. The highest BCUT2D eigenvalue weighted by molar-refractivity contribution is 5.43. The SMILES string of the molecule is NC1CCC(NCCc2ccc3c(c2)OCCO3)C1. The lowest BCUT2D eigenvalue weighted by Gasteiger charge is -2.19. The van der Waals surface area contributed by atoms with Gasteiger partial charge < -0.3 is 20.5 Å². The van der Waals surface area contributed by atoms with Crippen LogP contribution in [0.3, 0.4) is 0 Å². The van der Waals surface area contributed by atoms with Crippen molar-refractivity contribution in [3.8, 4) is 11.5 Å². The molecular formula is C15H22N2O2. The summed E-state index contributed by atoms with van der Waals surface area (Å²) in [4.78, 5) is 0. The van der Waals surface area contributed by atoms with Crippen molar-refractivity contribution in [2.45, 2.75) is 37.8 Å². The fraction of sp³-hybridized carbons (Fsp3) is 0.600. The van der Waals surface area contributed by atoms with E-state index < -0.39 is 0 Å². The average Bonchev–Trinajstić information content (AvgIpc) is 2.84. The van der Waals surface area contributed by atoms with Gasteiger partial charge in [0.25, 0.3) is 0 Å². The van der Waals surface area contributed by atoms with Gasteiger partial charge in [0, 0.05) is 12.1 Å². The molecule has 1 saturated carbocycles. The van der Waals surface area contributed by atoms with E-state index in [2.05, 4.69) is 17.4 Å². The molecule has 0 spiro atoms. The third-order valence-corrected chi connectivity index (χ3v) is 3.93. The molecule has 1 fully saturated rings. The Morgan fingerprint density at radius 1 is 1.16 bits per heavy atom. The van der Waals surface area contributed by atoms with Crippen LogP contribution < -0.4 is 20.5 Å². The second-order valence-electron chi connectivity index (χ2n) is 5.45. The molecule has 4 heteroatoms. The van der Waals surface area contributed by atoms with Crippen molar-refractivity contribution in [3.05, 3.63) is 23.8 Å². The first-order valence-corrected chi connectivity index (χ1v) is 7.19. The molecule has 2 aliphatic rings. The average molecular weight is 262 g/mol. The first kappa shape index (κ1) is 12.8. The summed E-state index contributed by atoms with van der Waals surface area (Å²) in [6.07, 6.45) is 4.49. The number of hydrogen-bond donors (Lipinski definition) is 2. The molecule has 0 bridgehead atoms. The van der Waals surface area contributed by atoms with Gasteiger partial charge in [0.05, 0.1) is 0 Å². The minimum Gasteiger partial charge on any atom is -0.486 e. The Morgan fingerprint density at radius 2 is 2.00 bits per heavy atom. The van der Waals surface area contributed by atoms with E-state index in [1.807, 2.05) is 6.07 Å². The van der Waals surface area contributed by atoms with E-state index in [-0.39, 0.29) is 0 Å². The molecule has 19 heavy (non-hydrogen) atoms. The van der Waals surface area contributed by atoms with Crippen LogP contribution in [-0.4, -0.2) is 31.8 Å². The summed E-state index contributed by atoms with van der Waals surface area (Å²) in [7, 11) is 0. The van der Waals surface area contributed by atoms with Gasteiger partial charge >= 0.3 is 0 Å². The minimum absolute atomic E-state index is 0.395. The first-order valence-electron chi connectivity index (χ1n) is 7.19. The van der Waals surface area contributed by atoms with E-state index in [0.29, 0.717) is 25.3 Å². The molecule has 1 heterocycles. The van der Waals surface area contributed by atoms with Crippen LogP contribution in [0.4, 0.5) is 0 Å². The van der Waals surface area contributed by atoms with E-state index >= 15 is 0 Å². The largest absolute Gasteiger partial charge is 0.486 e. The van der Waals surface area contributed by atoms with Crippen molar-refractivity contribution < 1.29 is 9.47 Å². The summed E-state index contributed by atoms with van der Waals surface area (Å²) in [6.45, 7) is 2.29. The Labute approximate surface area is 114 Å². The van der Waals surface area contributed by atoms with Crippen LogP contribution in [0.25, 0.3) is 0 Å². The lowest BCUT2D eigenvalue weighted by atomic mass is 10.1. The van der Waals surface area contributed by atoms with E-state index in [1.54, 1.807) is 0 Å². The van der Waals surface area contributed by atoms with E-state index in [1.165, 1.54) is 12.0 Å². The normalized spacial score (nSPS) is 25.5. The molecule has 2 unspecified atom stereocenters. The standard InChI is InChI=1S/C15H22N2O2/c16-12-2-3-13(10-12)17-6-5-11-1-4-14-15(9-11)19-8-7-18-14/h1,4,9,12-13,17H,2-3,5-8,10,16H2. The molecule has 104 valence electrons. The van der Waals surface area contributed by atoms with Gasteiger partial charge in [-0.2, -0.15) is 0 Å². The molecule has 1 aliphatic heterocycles. The zero-order valence-corrected chi connectivity index (χ0v) is 11.2. The number of benzene rings is 1. The molecule has 0 amide bonds. The summed E-state index contributed by atoms with van der Waals surface area (Å²) < 4.78 is 11.1. The lowest BCUT2D eigenvalue weighted by Crippen LogP contribution is -2.30. The predicted molar refractivity (Wildman–Crippen MR) is 74.8 cm³/mol. The number of rotatable bonds is 4. The molecule has 4 nitrogen and oxygen atoms in total. The van der Waals surface area contributed by atoms with Crippen LogP contribution in [0.5, 0.6) is 11.5 Å². The summed E-state index contributed by atoms with van der Waals surface area (Å²) in [5.74, 6) is 1.75. The molecule has 1 aliphatic carbocycles. The molecular weight excluding hydrogens is 240 g/mol. The number of nitrogens with two attached hydrogens (primary N) is 1. The first-order chi connectivity index (χ1) is 9.31. The maximum atomic E-state index is 5.91. The van der Waals surface area contributed by atoms with Crippen LogP contribution in [0, 0.1) is 0 Å². The van der Waals surface area contributed by atoms with Crippen LogP contribution in [0.1, 0.15) is 24.8 Å². The van der Waals surface area contributed by atoms with Gasteiger partial charge in [-0.3, -0.25) is 0 Å². The number of fused-ring (bicyclic) bond motifs is 1. The molecule has 0 saturated heterocycles. The molecule has 2 atom stereocenters. The molecule has 3 N–H and O–H groups in total. The Morgan fingerprint density at radius 3 is 2.79 bits per heavy atom. The molecule has 1 aromatic carbocycles. The maximum Gasteiger partial charge on any atom is 0.161 e. The zero-order chi connectivity index (χ0) is 13.1. The highest BCUT2D eigenvalue weighted by Gasteiger charge is 2.20. The Balaban J connectivity index is 1.50. The lowest BCUT2D eigenvalue weighted by molar-refractivity contribution is 0.171. The predicted octanol–water partition coefficient (Wildman–Crippen LogP) is 1.47. The monoisotopic (exact) mass is 262 g/mol. The second kappa shape index (κ2) is 5.80. The van der Waals surface area contributed by atoms with Crippen LogP contribution in [0.2, 0.25) is 0 Å². The van der Waals surface area contributed by atoms with Crippen molar-refractivity contribution in [1.29, 1.82) is 0 Å². The number of nitrogens with one attached hydrogen (secondary N) is 1. The van der Waals surface area contributed by atoms with Gasteiger partial charge in [-0.15, -0.1) is 0 Å². The zero-order valence-electron chi connectivity index (χ0n) is 11.2. The Bertz CT molecular complexity index is 436. The van der Waals surface area contributed by atoms with Crippen molar-refractivity contribution >= 4 is 0 Å². The smallest absolute Gasteiger partial charge is 0.161 e. The van der Waals surface area contributed by atoms with Crippen molar-refractivity contribution in [2.24, 2.45) is 5.73 Å². The van der Waals surface area contributed by atoms with Gasteiger partial charge in [0.1, 0.15) is 13.2 Å². The summed E-state index contributed by atoms with van der Waals surface area (Å²) in [5.41, 5.74) is 7.20. The fourth-order valence-electron chi connectivity index (χ4n) is 2.87. The quantitative estimate of drug-likeness (QED) is 0.863. The third-order valence-electron chi connectivity index (χ3n) is 3.93. The number of hydrogen-bond acceptors (Lipinski definition) is 4. The van der Waals surface area contributed by atoms with Gasteiger partial charge in [-0.25, -0.2) is 0 Å². The molecule has 1 aromatic rings. The van der Waals surface area contributed by atoms with Crippen LogP contribution in [-0.2, 0) is 6.42 Å². The highest BCUT2D eigenvalue weighted by Crippen LogP contribution is 2.30. The summed E-state index contributed by atoms with van der Waals surface area (Å²) in [5, 5.41) is 3.59. The summed E-state index contributed by atoms with van der Waals surface area (Å²) in [6, 6.07) is 7.22. The van der Waals surface area contributed by atoms with Crippen molar-refractivity contribution in [1.82, 2.24) is 5.32 Å². The highest BCUT2D eigenvalue weighted by atomic mass is 16.6. The van der Waals surface area contributed by atoms with E-state index in [9.17, 15) is 0 Å². The second-order valence-corrected chi connectivity index (χ2v) is 5.45.